The first-order valence-corrected chi connectivity index (χ1v) is 5.18. The van der Waals surface area contributed by atoms with Gasteiger partial charge in [0, 0.05) is 0 Å². The van der Waals surface area contributed by atoms with Crippen molar-refractivity contribution >= 4 is 38.3 Å². The van der Waals surface area contributed by atoms with E-state index in [1.807, 2.05) is 0 Å². The molecule has 0 radical (unpaired) electrons. The highest BCUT2D eigenvalue weighted by Gasteiger charge is 1.59. The fraction of sp³-hybridized carbons (Fsp3) is 1.00. The average Bonchev–Trinajstić information content (AvgIpc) is 1.41. The molecular weight excluding hydrogens is 138 g/mol. The van der Waals surface area contributed by atoms with Crippen LogP contribution in [0.1, 0.15) is 0 Å². The summed E-state index contributed by atoms with van der Waals surface area (Å²) in [6.07, 6.45) is 0. The van der Waals surface area contributed by atoms with Crippen LogP contribution in [0, 0.1) is 0 Å². The van der Waals surface area contributed by atoms with Crippen LogP contribution in [0.15, 0.2) is 0 Å². The van der Waals surface area contributed by atoms with E-state index in [2.05, 4.69) is 23.6 Å². The first kappa shape index (κ1) is 6.04. The Bertz CT molecular complexity index is 36.9. The molecule has 28 valence electrons. The van der Waals surface area contributed by atoms with Crippen molar-refractivity contribution in [2.45, 2.75) is 0 Å². The predicted molar refractivity (Wildman–Crippen MR) is 33.4 cm³/mol. The first-order valence-electron chi connectivity index (χ1n) is 0.998. The van der Waals surface area contributed by atoms with Gasteiger partial charge in [-0.2, -0.15) is 0 Å². The van der Waals surface area contributed by atoms with Crippen molar-refractivity contribution in [3.05, 3.63) is 0 Å². The van der Waals surface area contributed by atoms with E-state index in [1.54, 1.807) is 0 Å². The van der Waals surface area contributed by atoms with Gasteiger partial charge in [0.05, 0.1) is 5.90 Å². The number of hydrogen-bond donors (Lipinski definition) is 0. The molecule has 0 unspecified atom stereocenters. The van der Waals surface area contributed by atoms with Gasteiger partial charge in [-0.1, -0.05) is 23.6 Å². The van der Waals surface area contributed by atoms with E-state index < -0.39 is 0 Å². The van der Waals surface area contributed by atoms with E-state index in [0.29, 0.717) is 0 Å². The zero-order valence-corrected chi connectivity index (χ0v) is 5.84. The highest BCUT2D eigenvalue weighted by atomic mass is 32.4. The first-order chi connectivity index (χ1) is 2.41. The summed E-state index contributed by atoms with van der Waals surface area (Å²) in [4.78, 5) is 0. The van der Waals surface area contributed by atoms with Gasteiger partial charge in [0.1, 0.15) is 0 Å². The minimum absolute atomic E-state index is 0.963. The van der Waals surface area contributed by atoms with E-state index >= 15 is 0 Å². The van der Waals surface area contributed by atoms with Crippen molar-refractivity contribution in [3.8, 4) is 0 Å². The van der Waals surface area contributed by atoms with E-state index in [0.717, 1.165) is 20.6 Å². The SMILES string of the molecule is S=PCP=S. The highest BCUT2D eigenvalue weighted by molar-refractivity contribution is 8.04. The lowest BCUT2D eigenvalue weighted by atomic mass is 11.9. The minimum atomic E-state index is 0.963. The van der Waals surface area contributed by atoms with Crippen LogP contribution in [0.25, 0.3) is 0 Å². The molecule has 0 aromatic rings. The highest BCUT2D eigenvalue weighted by Crippen LogP contribution is 2.01. The van der Waals surface area contributed by atoms with Crippen LogP contribution >= 0.6 is 14.7 Å². The van der Waals surface area contributed by atoms with E-state index in [4.69, 9.17) is 0 Å². The standard InChI is InChI=1S/CH2P2S2/c4-2-1-3-5/h1H2. The molecule has 0 N–H and O–H groups in total. The molecule has 0 aliphatic heterocycles. The molecule has 0 nitrogen and oxygen atoms in total. The maximum atomic E-state index is 4.55. The van der Waals surface area contributed by atoms with Gasteiger partial charge in [-0.25, -0.2) is 0 Å². The molecule has 0 spiro atoms. The molecule has 0 bridgehead atoms. The topological polar surface area (TPSA) is 0 Å². The van der Waals surface area contributed by atoms with Crippen molar-refractivity contribution in [2.24, 2.45) is 0 Å². The van der Waals surface area contributed by atoms with Gasteiger partial charge >= 0.3 is 0 Å². The average molecular weight is 140 g/mol. The van der Waals surface area contributed by atoms with Crippen LogP contribution < -0.4 is 0 Å². The second kappa shape index (κ2) is 5.04. The molecule has 0 aliphatic carbocycles. The summed E-state index contributed by atoms with van der Waals surface area (Å²) in [6, 6.07) is 0. The summed E-state index contributed by atoms with van der Waals surface area (Å²) in [5, 5.41) is 0. The smallest absolute Gasteiger partial charge is 0.0524 e. The summed E-state index contributed by atoms with van der Waals surface area (Å²) >= 11 is 9.10. The van der Waals surface area contributed by atoms with Crippen LogP contribution in [-0.2, 0) is 23.6 Å². The summed E-state index contributed by atoms with van der Waals surface area (Å²) in [5.74, 6) is 0.963. The summed E-state index contributed by atoms with van der Waals surface area (Å²) in [7, 11) is 1.99. The maximum absolute atomic E-state index is 4.55. The molecule has 0 saturated heterocycles. The second-order valence-corrected chi connectivity index (χ2v) is 3.60. The molecule has 0 amide bonds. The zero-order valence-electron chi connectivity index (χ0n) is 2.42. The maximum Gasteiger partial charge on any atom is 0.0524 e. The third-order valence-corrected chi connectivity index (χ3v) is 3.12. The monoisotopic (exact) mass is 140 g/mol. The largest absolute Gasteiger partial charge is 0.0570 e. The molecule has 0 aromatic heterocycles. The van der Waals surface area contributed by atoms with Gasteiger partial charge < -0.3 is 0 Å². The Labute approximate surface area is 44.6 Å². The fourth-order valence-electron chi connectivity index (χ4n) is 0.0236. The predicted octanol–water partition coefficient (Wildman–Crippen LogP) is 1.76. The van der Waals surface area contributed by atoms with E-state index in [9.17, 15) is 0 Å². The quantitative estimate of drug-likeness (QED) is 0.536. The van der Waals surface area contributed by atoms with Gasteiger partial charge in [-0.3, -0.25) is 0 Å². The van der Waals surface area contributed by atoms with Crippen molar-refractivity contribution in [3.63, 3.8) is 0 Å². The molecule has 0 aromatic carbocycles. The molecule has 0 saturated carbocycles. The van der Waals surface area contributed by atoms with Crippen LogP contribution in [0.5, 0.6) is 0 Å². The van der Waals surface area contributed by atoms with Gasteiger partial charge in [0.2, 0.25) is 0 Å². The van der Waals surface area contributed by atoms with E-state index in [1.165, 1.54) is 0 Å². The van der Waals surface area contributed by atoms with Crippen LogP contribution in [0.4, 0.5) is 0 Å². The van der Waals surface area contributed by atoms with E-state index in [-0.39, 0.29) is 0 Å². The molecule has 0 heterocycles. The zero-order chi connectivity index (χ0) is 4.12. The summed E-state index contributed by atoms with van der Waals surface area (Å²) in [5.41, 5.74) is 0. The Balaban J connectivity index is 2.65. The van der Waals surface area contributed by atoms with Gasteiger partial charge in [0.25, 0.3) is 0 Å². The van der Waals surface area contributed by atoms with Crippen molar-refractivity contribution in [2.75, 3.05) is 5.90 Å². The lowest BCUT2D eigenvalue weighted by molar-refractivity contribution is 2.31. The lowest BCUT2D eigenvalue weighted by Crippen LogP contribution is -1.32. The number of hydrogen-bond acceptors (Lipinski definition) is 2. The molecule has 0 fully saturated rings. The van der Waals surface area contributed by atoms with Crippen molar-refractivity contribution in [1.82, 2.24) is 0 Å². The van der Waals surface area contributed by atoms with Gasteiger partial charge in [-0.15, -0.1) is 0 Å². The third-order valence-electron chi connectivity index (χ3n) is 0.115. The Morgan fingerprint density at radius 2 is 1.60 bits per heavy atom. The van der Waals surface area contributed by atoms with Crippen molar-refractivity contribution < 1.29 is 0 Å². The lowest BCUT2D eigenvalue weighted by Gasteiger charge is -1.57. The van der Waals surface area contributed by atoms with Crippen LogP contribution in [-0.4, -0.2) is 5.90 Å². The van der Waals surface area contributed by atoms with Crippen LogP contribution in [0.3, 0.4) is 0 Å². The van der Waals surface area contributed by atoms with Crippen LogP contribution in [0.2, 0.25) is 0 Å². The van der Waals surface area contributed by atoms with Gasteiger partial charge in [-0.05, 0) is 14.7 Å². The summed E-state index contributed by atoms with van der Waals surface area (Å²) in [6.45, 7) is 0. The van der Waals surface area contributed by atoms with Crippen molar-refractivity contribution in [1.29, 1.82) is 0 Å². The number of rotatable bonds is 2. The van der Waals surface area contributed by atoms with Gasteiger partial charge in [0.15, 0.2) is 0 Å². The Hall–Kier alpha value is 1.04. The normalized spacial score (nSPS) is 9.60. The molecule has 0 rings (SSSR count). The Kier molecular flexibility index (Phi) is 6.09. The molecule has 0 aliphatic rings. The third kappa shape index (κ3) is 5.04. The second-order valence-electron chi connectivity index (χ2n) is 0.400. The Morgan fingerprint density at radius 3 is 1.60 bits per heavy atom. The Morgan fingerprint density at radius 1 is 1.20 bits per heavy atom. The molecular formula is CH2P2S2. The minimum Gasteiger partial charge on any atom is -0.0570 e. The molecule has 0 atom stereocenters. The fourth-order valence-corrected chi connectivity index (χ4v) is 1.91. The molecule has 5 heavy (non-hydrogen) atoms. The molecule has 4 heteroatoms. The summed E-state index contributed by atoms with van der Waals surface area (Å²) < 4.78 is 0.